The Morgan fingerprint density at radius 1 is 1.19 bits per heavy atom. The van der Waals surface area contributed by atoms with E-state index in [4.69, 9.17) is 10.00 Å². The number of likely N-dealkylation sites (tertiary alicyclic amines) is 1. The van der Waals surface area contributed by atoms with Crippen LogP contribution in [0.1, 0.15) is 36.5 Å². The number of nitriles is 1. The van der Waals surface area contributed by atoms with E-state index in [0.29, 0.717) is 24.4 Å². The summed E-state index contributed by atoms with van der Waals surface area (Å²) in [5.41, 5.74) is 1.33. The first-order valence-electron chi connectivity index (χ1n) is 8.83. The van der Waals surface area contributed by atoms with Crippen LogP contribution in [-0.2, 0) is 4.79 Å². The van der Waals surface area contributed by atoms with Crippen LogP contribution in [-0.4, -0.2) is 35.1 Å². The van der Waals surface area contributed by atoms with Gasteiger partial charge in [-0.05, 0) is 23.8 Å². The van der Waals surface area contributed by atoms with E-state index < -0.39 is 6.10 Å². The average Bonchev–Trinajstić information content (AvgIpc) is 2.69. The highest BCUT2D eigenvalue weighted by Gasteiger charge is 2.25. The molecule has 1 saturated heterocycles. The second kappa shape index (κ2) is 8.50. The number of hydrogen-bond donors (Lipinski definition) is 1. The molecule has 1 heterocycles. The van der Waals surface area contributed by atoms with Gasteiger partial charge in [-0.3, -0.25) is 4.79 Å². The molecule has 1 fully saturated rings. The summed E-state index contributed by atoms with van der Waals surface area (Å²) in [6.45, 7) is 1.23. The fourth-order valence-corrected chi connectivity index (χ4v) is 3.14. The summed E-state index contributed by atoms with van der Waals surface area (Å²) in [6.07, 6.45) is 0.839. The van der Waals surface area contributed by atoms with Gasteiger partial charge in [0.15, 0.2) is 0 Å². The second-order valence-electron chi connectivity index (χ2n) is 6.47. The smallest absolute Gasteiger partial charge is 0.225 e. The molecule has 0 spiro atoms. The molecule has 2 aromatic carbocycles. The summed E-state index contributed by atoms with van der Waals surface area (Å²) in [5.74, 6) is 0.652. The predicted molar refractivity (Wildman–Crippen MR) is 97.4 cm³/mol. The van der Waals surface area contributed by atoms with Gasteiger partial charge in [0.2, 0.25) is 5.91 Å². The Balaban J connectivity index is 1.48. The van der Waals surface area contributed by atoms with Gasteiger partial charge < -0.3 is 14.7 Å². The van der Waals surface area contributed by atoms with Crippen molar-refractivity contribution < 1.29 is 14.6 Å². The number of nitrogens with zero attached hydrogens (tertiary/aromatic N) is 2. The van der Waals surface area contributed by atoms with Gasteiger partial charge in [0.25, 0.3) is 0 Å². The van der Waals surface area contributed by atoms with E-state index in [0.717, 1.165) is 18.4 Å². The maximum atomic E-state index is 12.4. The molecule has 0 saturated carbocycles. The Morgan fingerprint density at radius 3 is 2.62 bits per heavy atom. The van der Waals surface area contributed by atoms with Gasteiger partial charge in [-0.1, -0.05) is 36.4 Å². The van der Waals surface area contributed by atoms with Crippen molar-refractivity contribution in [3.63, 3.8) is 0 Å². The lowest BCUT2D eigenvalue weighted by molar-refractivity contribution is -0.135. The van der Waals surface area contributed by atoms with E-state index in [1.165, 1.54) is 0 Å². The molecule has 5 heteroatoms. The minimum Gasteiger partial charge on any atom is -0.490 e. The Labute approximate surface area is 153 Å². The zero-order valence-corrected chi connectivity index (χ0v) is 14.5. The van der Waals surface area contributed by atoms with Crippen LogP contribution in [0.2, 0.25) is 0 Å². The quantitative estimate of drug-likeness (QED) is 0.899. The fraction of sp³-hybridized carbons (Fsp3) is 0.333. The van der Waals surface area contributed by atoms with Crippen molar-refractivity contribution in [2.45, 2.75) is 31.5 Å². The first kappa shape index (κ1) is 18.0. The molecule has 0 bridgehead atoms. The zero-order valence-electron chi connectivity index (χ0n) is 14.5. The van der Waals surface area contributed by atoms with Crippen molar-refractivity contribution in [3.8, 4) is 11.8 Å². The van der Waals surface area contributed by atoms with Gasteiger partial charge in [-0.2, -0.15) is 5.26 Å². The third-order valence-corrected chi connectivity index (χ3v) is 4.61. The summed E-state index contributed by atoms with van der Waals surface area (Å²) < 4.78 is 5.94. The SMILES string of the molecule is N#Cc1cccc(OC2CCN(C(=O)CC(O)c3ccccc3)CC2)c1. The first-order chi connectivity index (χ1) is 12.7. The molecule has 26 heavy (non-hydrogen) atoms. The largest absolute Gasteiger partial charge is 0.490 e. The van der Waals surface area contributed by atoms with Crippen LogP contribution in [0.15, 0.2) is 54.6 Å². The third kappa shape index (κ3) is 4.62. The molecule has 1 aliphatic rings. The van der Waals surface area contributed by atoms with Gasteiger partial charge in [0.05, 0.1) is 24.2 Å². The summed E-state index contributed by atoms with van der Waals surface area (Å²) >= 11 is 0. The summed E-state index contributed by atoms with van der Waals surface area (Å²) in [6, 6.07) is 18.5. The molecule has 134 valence electrons. The molecule has 1 aliphatic heterocycles. The number of piperidine rings is 1. The van der Waals surface area contributed by atoms with Crippen LogP contribution in [0.4, 0.5) is 0 Å². The van der Waals surface area contributed by atoms with Crippen molar-refractivity contribution in [2.24, 2.45) is 0 Å². The number of hydrogen-bond acceptors (Lipinski definition) is 4. The van der Waals surface area contributed by atoms with Crippen molar-refractivity contribution >= 4 is 5.91 Å². The van der Waals surface area contributed by atoms with Crippen molar-refractivity contribution in [3.05, 3.63) is 65.7 Å². The standard InChI is InChI=1S/C21H22N2O3/c22-15-16-5-4-8-19(13-16)26-18-9-11-23(12-10-18)21(25)14-20(24)17-6-2-1-3-7-17/h1-8,13,18,20,24H,9-12,14H2. The molecule has 0 aromatic heterocycles. The van der Waals surface area contributed by atoms with Crippen LogP contribution in [0, 0.1) is 11.3 Å². The molecule has 3 rings (SSSR count). The highest BCUT2D eigenvalue weighted by Crippen LogP contribution is 2.22. The maximum absolute atomic E-state index is 12.4. The Morgan fingerprint density at radius 2 is 1.92 bits per heavy atom. The Kier molecular flexibility index (Phi) is 5.88. The van der Waals surface area contributed by atoms with Crippen molar-refractivity contribution in [1.82, 2.24) is 4.90 Å². The van der Waals surface area contributed by atoms with Crippen LogP contribution in [0.5, 0.6) is 5.75 Å². The van der Waals surface area contributed by atoms with Gasteiger partial charge in [0, 0.05) is 25.9 Å². The zero-order chi connectivity index (χ0) is 18.4. The lowest BCUT2D eigenvalue weighted by Crippen LogP contribution is -2.42. The van der Waals surface area contributed by atoms with E-state index in [2.05, 4.69) is 6.07 Å². The van der Waals surface area contributed by atoms with Crippen LogP contribution < -0.4 is 4.74 Å². The van der Waals surface area contributed by atoms with Gasteiger partial charge >= 0.3 is 0 Å². The number of carbonyl (C=O) groups excluding carboxylic acids is 1. The van der Waals surface area contributed by atoms with E-state index in [9.17, 15) is 9.90 Å². The number of benzene rings is 2. The second-order valence-corrected chi connectivity index (χ2v) is 6.47. The number of aliphatic hydroxyl groups excluding tert-OH is 1. The minimum atomic E-state index is -0.772. The van der Waals surface area contributed by atoms with Gasteiger partial charge in [-0.15, -0.1) is 0 Å². The highest BCUT2D eigenvalue weighted by atomic mass is 16.5. The summed E-state index contributed by atoms with van der Waals surface area (Å²) in [4.78, 5) is 14.2. The molecule has 0 radical (unpaired) electrons. The average molecular weight is 350 g/mol. The van der Waals surface area contributed by atoms with Crippen LogP contribution in [0.3, 0.4) is 0 Å². The molecule has 0 aliphatic carbocycles. The number of rotatable bonds is 5. The van der Waals surface area contributed by atoms with Crippen molar-refractivity contribution in [1.29, 1.82) is 5.26 Å². The van der Waals surface area contributed by atoms with E-state index in [1.807, 2.05) is 36.4 Å². The molecule has 1 N–H and O–H groups in total. The number of amides is 1. The predicted octanol–water partition coefficient (Wildman–Crippen LogP) is 3.05. The fourth-order valence-electron chi connectivity index (χ4n) is 3.14. The molecule has 1 unspecified atom stereocenters. The first-order valence-corrected chi connectivity index (χ1v) is 8.83. The maximum Gasteiger partial charge on any atom is 0.225 e. The molecular formula is C21H22N2O3. The van der Waals surface area contributed by atoms with E-state index in [-0.39, 0.29) is 18.4 Å². The molecular weight excluding hydrogens is 328 g/mol. The third-order valence-electron chi connectivity index (χ3n) is 4.61. The highest BCUT2D eigenvalue weighted by molar-refractivity contribution is 5.77. The van der Waals surface area contributed by atoms with E-state index in [1.54, 1.807) is 23.1 Å². The summed E-state index contributed by atoms with van der Waals surface area (Å²) in [7, 11) is 0. The minimum absolute atomic E-state index is 0.0343. The molecule has 5 nitrogen and oxygen atoms in total. The number of ether oxygens (including phenoxy) is 1. The molecule has 1 atom stereocenters. The lowest BCUT2D eigenvalue weighted by atomic mass is 10.0. The van der Waals surface area contributed by atoms with Gasteiger partial charge in [-0.25, -0.2) is 0 Å². The molecule has 2 aromatic rings. The van der Waals surface area contributed by atoms with Crippen LogP contribution in [0.25, 0.3) is 0 Å². The topological polar surface area (TPSA) is 73.6 Å². The van der Waals surface area contributed by atoms with Crippen molar-refractivity contribution in [2.75, 3.05) is 13.1 Å². The number of carbonyl (C=O) groups is 1. The number of aliphatic hydroxyl groups is 1. The lowest BCUT2D eigenvalue weighted by Gasteiger charge is -2.32. The van der Waals surface area contributed by atoms with E-state index >= 15 is 0 Å². The monoisotopic (exact) mass is 350 g/mol. The summed E-state index contributed by atoms with van der Waals surface area (Å²) in [5, 5.41) is 19.2. The molecule has 1 amide bonds. The Hall–Kier alpha value is -2.84. The Bertz CT molecular complexity index is 777. The van der Waals surface area contributed by atoms with Gasteiger partial charge in [0.1, 0.15) is 11.9 Å². The normalized spacial score (nSPS) is 15.9. The van der Waals surface area contributed by atoms with Crippen LogP contribution >= 0.6 is 0 Å².